The Kier molecular flexibility index (Phi) is 4.92. The highest BCUT2D eigenvalue weighted by molar-refractivity contribution is 5.69. The molecular weight excluding hydrogens is 342 g/mol. The third kappa shape index (κ3) is 4.35. The molecule has 27 heavy (non-hydrogen) atoms. The van der Waals surface area contributed by atoms with Gasteiger partial charge in [-0.05, 0) is 56.1 Å². The first kappa shape index (κ1) is 17.7. The Labute approximate surface area is 158 Å². The summed E-state index contributed by atoms with van der Waals surface area (Å²) in [6, 6.07) is 7.85. The lowest BCUT2D eigenvalue weighted by Gasteiger charge is -2.20. The van der Waals surface area contributed by atoms with Crippen LogP contribution >= 0.6 is 0 Å². The van der Waals surface area contributed by atoms with Crippen LogP contribution in [0.15, 0.2) is 24.3 Å². The van der Waals surface area contributed by atoms with Crippen molar-refractivity contribution in [1.29, 1.82) is 0 Å². The van der Waals surface area contributed by atoms with E-state index >= 15 is 0 Å². The van der Waals surface area contributed by atoms with Crippen molar-refractivity contribution in [3.63, 3.8) is 0 Å². The van der Waals surface area contributed by atoms with Gasteiger partial charge in [0, 0.05) is 12.1 Å². The van der Waals surface area contributed by atoms with Crippen LogP contribution in [0.25, 0.3) is 0 Å². The number of anilines is 3. The highest BCUT2D eigenvalue weighted by Gasteiger charge is 2.40. The molecule has 0 radical (unpaired) electrons. The molecular formula is C20H25N5O2. The van der Waals surface area contributed by atoms with Crippen molar-refractivity contribution < 1.29 is 9.53 Å². The Hall–Kier alpha value is -2.70. The van der Waals surface area contributed by atoms with Crippen LogP contribution in [0.4, 0.5) is 17.6 Å². The van der Waals surface area contributed by atoms with E-state index in [0.29, 0.717) is 30.0 Å². The highest BCUT2D eigenvalue weighted by atomic mass is 16.5. The SMILES string of the molecule is Cc1ccc(Nc2nc(N)nc(COC(=O)C[C@H]3C[C@H]4CC[C@@H]3C4)n2)cc1. The number of nitrogens with one attached hydrogen (secondary N) is 1. The second-order valence-corrected chi connectivity index (χ2v) is 7.72. The van der Waals surface area contributed by atoms with Crippen LogP contribution in [-0.2, 0) is 16.1 Å². The van der Waals surface area contributed by atoms with Crippen LogP contribution in [0.5, 0.6) is 0 Å². The molecule has 2 fully saturated rings. The van der Waals surface area contributed by atoms with Gasteiger partial charge in [0.15, 0.2) is 12.4 Å². The number of esters is 1. The number of nitrogens with two attached hydrogens (primary N) is 1. The number of carbonyl (C=O) groups excluding carboxylic acids is 1. The van der Waals surface area contributed by atoms with Gasteiger partial charge in [0.05, 0.1) is 0 Å². The van der Waals surface area contributed by atoms with Crippen molar-refractivity contribution in [2.75, 3.05) is 11.1 Å². The average molecular weight is 367 g/mol. The summed E-state index contributed by atoms with van der Waals surface area (Å²) in [7, 11) is 0. The maximum atomic E-state index is 12.2. The normalized spacial score (nSPS) is 23.4. The van der Waals surface area contributed by atoms with E-state index in [1.165, 1.54) is 31.2 Å². The van der Waals surface area contributed by atoms with Gasteiger partial charge in [0.1, 0.15) is 0 Å². The molecule has 7 heteroatoms. The number of benzene rings is 1. The van der Waals surface area contributed by atoms with Gasteiger partial charge in [0.25, 0.3) is 0 Å². The number of hydrogen-bond acceptors (Lipinski definition) is 7. The lowest BCUT2D eigenvalue weighted by Crippen LogP contribution is -2.17. The summed E-state index contributed by atoms with van der Waals surface area (Å²) in [5.41, 5.74) is 7.79. The molecule has 142 valence electrons. The van der Waals surface area contributed by atoms with Crippen molar-refractivity contribution in [2.45, 2.75) is 45.6 Å². The standard InChI is InChI=1S/C20H25N5O2/c1-12-2-6-16(7-3-12)22-20-24-17(23-19(21)25-20)11-27-18(26)10-15-9-13-4-5-14(15)8-13/h2-3,6-7,13-15H,4-5,8-11H2,1H3,(H3,21,22,23,24,25)/t13-,14+,15+/m0/s1. The van der Waals surface area contributed by atoms with E-state index in [1.54, 1.807) is 0 Å². The fourth-order valence-electron chi connectivity index (χ4n) is 4.37. The maximum Gasteiger partial charge on any atom is 0.306 e. The minimum absolute atomic E-state index is 0.00888. The molecule has 2 aromatic rings. The number of nitrogens with zero attached hydrogens (tertiary/aromatic N) is 3. The number of ether oxygens (including phenoxy) is 1. The van der Waals surface area contributed by atoms with Gasteiger partial charge >= 0.3 is 5.97 Å². The zero-order chi connectivity index (χ0) is 18.8. The molecule has 2 bridgehead atoms. The Balaban J connectivity index is 1.33. The first-order valence-corrected chi connectivity index (χ1v) is 9.55. The van der Waals surface area contributed by atoms with E-state index < -0.39 is 0 Å². The molecule has 7 nitrogen and oxygen atoms in total. The van der Waals surface area contributed by atoms with E-state index in [2.05, 4.69) is 20.3 Å². The van der Waals surface area contributed by atoms with Crippen LogP contribution in [0, 0.1) is 24.7 Å². The summed E-state index contributed by atoms with van der Waals surface area (Å²) in [6.07, 6.45) is 5.55. The molecule has 1 aromatic carbocycles. The van der Waals surface area contributed by atoms with Crippen molar-refractivity contribution in [1.82, 2.24) is 15.0 Å². The van der Waals surface area contributed by atoms with Crippen molar-refractivity contribution >= 4 is 23.6 Å². The highest BCUT2D eigenvalue weighted by Crippen LogP contribution is 2.49. The van der Waals surface area contributed by atoms with Crippen molar-refractivity contribution in [3.05, 3.63) is 35.7 Å². The summed E-state index contributed by atoms with van der Waals surface area (Å²) >= 11 is 0. The summed E-state index contributed by atoms with van der Waals surface area (Å²) in [6.45, 7) is 2.03. The van der Waals surface area contributed by atoms with E-state index in [9.17, 15) is 4.79 Å². The zero-order valence-electron chi connectivity index (χ0n) is 15.5. The minimum Gasteiger partial charge on any atom is -0.457 e. The van der Waals surface area contributed by atoms with Gasteiger partial charge in [-0.3, -0.25) is 4.79 Å². The van der Waals surface area contributed by atoms with Crippen molar-refractivity contribution in [3.8, 4) is 0 Å². The summed E-state index contributed by atoms with van der Waals surface area (Å²) < 4.78 is 5.40. The van der Waals surface area contributed by atoms with E-state index in [0.717, 1.165) is 11.6 Å². The van der Waals surface area contributed by atoms with Crippen LogP contribution in [0.2, 0.25) is 0 Å². The monoisotopic (exact) mass is 367 g/mol. The second-order valence-electron chi connectivity index (χ2n) is 7.72. The fraction of sp³-hybridized carbons (Fsp3) is 0.500. The van der Waals surface area contributed by atoms with Crippen molar-refractivity contribution in [2.24, 2.45) is 17.8 Å². The average Bonchev–Trinajstić information content (AvgIpc) is 3.25. The number of fused-ring (bicyclic) bond motifs is 2. The molecule has 2 aliphatic carbocycles. The van der Waals surface area contributed by atoms with Gasteiger partial charge < -0.3 is 15.8 Å². The fourth-order valence-corrected chi connectivity index (χ4v) is 4.37. The van der Waals surface area contributed by atoms with E-state index in [-0.39, 0.29) is 18.5 Å². The predicted octanol–water partition coefficient (Wildman–Crippen LogP) is 3.38. The number of aromatic nitrogens is 3. The largest absolute Gasteiger partial charge is 0.457 e. The zero-order valence-corrected chi connectivity index (χ0v) is 15.5. The third-order valence-corrected chi connectivity index (χ3v) is 5.68. The van der Waals surface area contributed by atoms with Crippen LogP contribution in [-0.4, -0.2) is 20.9 Å². The Bertz CT molecular complexity index is 824. The molecule has 1 heterocycles. The first-order chi connectivity index (χ1) is 13.0. The molecule has 3 atom stereocenters. The molecule has 0 unspecified atom stereocenters. The lowest BCUT2D eigenvalue weighted by atomic mass is 9.86. The van der Waals surface area contributed by atoms with Gasteiger partial charge in [-0.1, -0.05) is 24.1 Å². The Morgan fingerprint density at radius 2 is 2.00 bits per heavy atom. The Morgan fingerprint density at radius 1 is 1.19 bits per heavy atom. The summed E-state index contributed by atoms with van der Waals surface area (Å²) in [5, 5.41) is 3.09. The molecule has 0 spiro atoms. The smallest absolute Gasteiger partial charge is 0.306 e. The number of rotatable bonds is 6. The number of hydrogen-bond donors (Lipinski definition) is 2. The van der Waals surface area contributed by atoms with Gasteiger partial charge in [-0.2, -0.15) is 15.0 Å². The van der Waals surface area contributed by atoms with Gasteiger partial charge in [-0.15, -0.1) is 0 Å². The van der Waals surface area contributed by atoms with Gasteiger partial charge in [-0.25, -0.2) is 0 Å². The Morgan fingerprint density at radius 3 is 2.70 bits per heavy atom. The van der Waals surface area contributed by atoms with Gasteiger partial charge in [0.2, 0.25) is 11.9 Å². The summed E-state index contributed by atoms with van der Waals surface area (Å²) in [4.78, 5) is 24.7. The molecule has 0 amide bonds. The quantitative estimate of drug-likeness (QED) is 0.754. The topological polar surface area (TPSA) is 103 Å². The van der Waals surface area contributed by atoms with E-state index in [1.807, 2.05) is 31.2 Å². The first-order valence-electron chi connectivity index (χ1n) is 9.55. The molecule has 2 saturated carbocycles. The van der Waals surface area contributed by atoms with Crippen LogP contribution in [0.3, 0.4) is 0 Å². The maximum absolute atomic E-state index is 12.2. The molecule has 1 aromatic heterocycles. The second kappa shape index (κ2) is 7.50. The molecule has 0 aliphatic heterocycles. The molecule has 0 saturated heterocycles. The lowest BCUT2D eigenvalue weighted by molar-refractivity contribution is -0.146. The molecule has 4 rings (SSSR count). The van der Waals surface area contributed by atoms with Crippen LogP contribution in [0.1, 0.15) is 43.5 Å². The molecule has 2 aliphatic rings. The van der Waals surface area contributed by atoms with E-state index in [4.69, 9.17) is 10.5 Å². The minimum atomic E-state index is -0.181. The molecule has 3 N–H and O–H groups in total. The number of nitrogen functional groups attached to an aromatic ring is 1. The predicted molar refractivity (Wildman–Crippen MR) is 102 cm³/mol. The number of carbonyl (C=O) groups is 1. The third-order valence-electron chi connectivity index (χ3n) is 5.68. The number of aryl methyl sites for hydroxylation is 1. The van der Waals surface area contributed by atoms with Crippen LogP contribution < -0.4 is 11.1 Å². The summed E-state index contributed by atoms with van der Waals surface area (Å²) in [5.74, 6) is 2.62.